The van der Waals surface area contributed by atoms with E-state index in [2.05, 4.69) is 4.90 Å². The molecular formula is C10H22N2O. The van der Waals surface area contributed by atoms with E-state index in [9.17, 15) is 0 Å². The molecule has 0 saturated carbocycles. The van der Waals surface area contributed by atoms with Crippen molar-refractivity contribution in [2.45, 2.75) is 38.8 Å². The van der Waals surface area contributed by atoms with E-state index in [4.69, 9.17) is 10.5 Å². The predicted octanol–water partition coefficient (Wildman–Crippen LogP) is 0.834. The molecule has 0 aromatic heterocycles. The highest BCUT2D eigenvalue weighted by Gasteiger charge is 2.28. The Hall–Kier alpha value is -0.120. The van der Waals surface area contributed by atoms with Crippen LogP contribution in [0.15, 0.2) is 0 Å². The lowest BCUT2D eigenvalue weighted by Crippen LogP contribution is -2.53. The van der Waals surface area contributed by atoms with Crippen LogP contribution in [0, 0.1) is 0 Å². The lowest BCUT2D eigenvalue weighted by Gasteiger charge is -2.40. The lowest BCUT2D eigenvalue weighted by atomic mass is 10.0. The van der Waals surface area contributed by atoms with Gasteiger partial charge in [-0.25, -0.2) is 0 Å². The summed E-state index contributed by atoms with van der Waals surface area (Å²) in [5.41, 5.74) is 5.80. The largest absolute Gasteiger partial charge is 0.378 e. The first-order valence-electron chi connectivity index (χ1n) is 5.43. The monoisotopic (exact) mass is 186 g/mol. The normalized spacial score (nSPS) is 26.1. The molecule has 2 aliphatic rings. The number of nitrogens with two attached hydrogens (primary N) is 1. The van der Waals surface area contributed by atoms with Crippen molar-refractivity contribution in [3.05, 3.63) is 0 Å². The van der Waals surface area contributed by atoms with Crippen molar-refractivity contribution in [1.29, 1.82) is 0 Å². The standard InChI is InChI=1S/C8H16N2O.C2H6/c9-7-1-3-10(4-2-7)8-5-11-6-8;1-2/h7-8H,1-6,9H2;1-2H3. The summed E-state index contributed by atoms with van der Waals surface area (Å²) < 4.78 is 5.14. The highest BCUT2D eigenvalue weighted by molar-refractivity contribution is 4.82. The van der Waals surface area contributed by atoms with Gasteiger partial charge >= 0.3 is 0 Å². The third-order valence-electron chi connectivity index (χ3n) is 2.71. The zero-order valence-electron chi connectivity index (χ0n) is 8.83. The van der Waals surface area contributed by atoms with Gasteiger partial charge in [-0.2, -0.15) is 0 Å². The first-order valence-corrected chi connectivity index (χ1v) is 5.43. The summed E-state index contributed by atoms with van der Waals surface area (Å²) >= 11 is 0. The fourth-order valence-corrected chi connectivity index (χ4v) is 1.72. The molecule has 13 heavy (non-hydrogen) atoms. The predicted molar refractivity (Wildman–Crippen MR) is 54.7 cm³/mol. The van der Waals surface area contributed by atoms with Crippen LogP contribution in [0.2, 0.25) is 0 Å². The van der Waals surface area contributed by atoms with Gasteiger partial charge in [0.2, 0.25) is 0 Å². The maximum atomic E-state index is 5.80. The summed E-state index contributed by atoms with van der Waals surface area (Å²) in [5.74, 6) is 0. The Bertz CT molecular complexity index is 129. The van der Waals surface area contributed by atoms with Crippen molar-refractivity contribution in [3.63, 3.8) is 0 Å². The Labute approximate surface area is 81.2 Å². The van der Waals surface area contributed by atoms with E-state index in [0.29, 0.717) is 12.1 Å². The highest BCUT2D eigenvalue weighted by Crippen LogP contribution is 2.16. The van der Waals surface area contributed by atoms with Crippen LogP contribution in [0.1, 0.15) is 26.7 Å². The second-order valence-electron chi connectivity index (χ2n) is 3.56. The van der Waals surface area contributed by atoms with E-state index < -0.39 is 0 Å². The van der Waals surface area contributed by atoms with E-state index in [1.807, 2.05) is 13.8 Å². The molecule has 78 valence electrons. The van der Waals surface area contributed by atoms with Crippen molar-refractivity contribution in [1.82, 2.24) is 4.90 Å². The van der Waals surface area contributed by atoms with Crippen LogP contribution in [-0.2, 0) is 4.74 Å². The molecule has 0 aliphatic carbocycles. The molecule has 0 atom stereocenters. The number of nitrogens with zero attached hydrogens (tertiary/aromatic N) is 1. The third-order valence-corrected chi connectivity index (χ3v) is 2.71. The van der Waals surface area contributed by atoms with Gasteiger partial charge in [-0.1, -0.05) is 13.8 Å². The van der Waals surface area contributed by atoms with E-state index >= 15 is 0 Å². The molecular weight excluding hydrogens is 164 g/mol. The fraction of sp³-hybridized carbons (Fsp3) is 1.00. The molecule has 0 bridgehead atoms. The summed E-state index contributed by atoms with van der Waals surface area (Å²) in [5, 5.41) is 0. The molecule has 0 aromatic rings. The van der Waals surface area contributed by atoms with Gasteiger partial charge in [-0.05, 0) is 12.8 Å². The third kappa shape index (κ3) is 2.93. The Morgan fingerprint density at radius 3 is 2.08 bits per heavy atom. The van der Waals surface area contributed by atoms with Gasteiger partial charge in [0.25, 0.3) is 0 Å². The van der Waals surface area contributed by atoms with Crippen LogP contribution in [-0.4, -0.2) is 43.3 Å². The van der Waals surface area contributed by atoms with E-state index in [0.717, 1.165) is 26.1 Å². The second kappa shape index (κ2) is 5.58. The van der Waals surface area contributed by atoms with Gasteiger partial charge < -0.3 is 10.5 Å². The molecule has 2 N–H and O–H groups in total. The number of rotatable bonds is 1. The Morgan fingerprint density at radius 2 is 1.69 bits per heavy atom. The summed E-state index contributed by atoms with van der Waals surface area (Å²) in [6, 6.07) is 1.16. The lowest BCUT2D eigenvalue weighted by molar-refractivity contribution is -0.0710. The van der Waals surface area contributed by atoms with Crippen molar-refractivity contribution in [3.8, 4) is 0 Å². The molecule has 2 heterocycles. The molecule has 0 radical (unpaired) electrons. The molecule has 0 amide bonds. The minimum atomic E-state index is 0.451. The Balaban J connectivity index is 0.000000396. The van der Waals surface area contributed by atoms with Crippen LogP contribution in [0.3, 0.4) is 0 Å². The molecule has 2 fully saturated rings. The first-order chi connectivity index (χ1) is 6.36. The van der Waals surface area contributed by atoms with Crippen LogP contribution < -0.4 is 5.73 Å². The first kappa shape index (κ1) is 11.0. The highest BCUT2D eigenvalue weighted by atomic mass is 16.5. The quantitative estimate of drug-likeness (QED) is 0.659. The number of hydrogen-bond acceptors (Lipinski definition) is 3. The van der Waals surface area contributed by atoms with E-state index in [1.165, 1.54) is 13.1 Å². The summed E-state index contributed by atoms with van der Waals surface area (Å²) in [6.07, 6.45) is 2.33. The van der Waals surface area contributed by atoms with E-state index in [1.54, 1.807) is 0 Å². The molecule has 3 nitrogen and oxygen atoms in total. The van der Waals surface area contributed by atoms with Crippen molar-refractivity contribution in [2.24, 2.45) is 5.73 Å². The Kier molecular flexibility index (Phi) is 4.70. The van der Waals surface area contributed by atoms with Crippen LogP contribution in [0.25, 0.3) is 0 Å². The van der Waals surface area contributed by atoms with Gasteiger partial charge in [0.15, 0.2) is 0 Å². The number of ether oxygens (including phenoxy) is 1. The van der Waals surface area contributed by atoms with Crippen molar-refractivity contribution < 1.29 is 4.74 Å². The van der Waals surface area contributed by atoms with E-state index in [-0.39, 0.29) is 0 Å². The minimum Gasteiger partial charge on any atom is -0.378 e. The summed E-state index contributed by atoms with van der Waals surface area (Å²) in [4.78, 5) is 2.51. The smallest absolute Gasteiger partial charge is 0.0645 e. The Morgan fingerprint density at radius 1 is 1.15 bits per heavy atom. The second-order valence-corrected chi connectivity index (χ2v) is 3.56. The van der Waals surface area contributed by atoms with Gasteiger partial charge in [-0.3, -0.25) is 4.90 Å². The molecule has 2 saturated heterocycles. The minimum absolute atomic E-state index is 0.451. The zero-order chi connectivity index (χ0) is 9.68. The SMILES string of the molecule is CC.NC1CCN(C2COC2)CC1. The summed E-state index contributed by atoms with van der Waals surface area (Å²) in [6.45, 7) is 8.23. The van der Waals surface area contributed by atoms with Gasteiger partial charge in [0.05, 0.1) is 19.3 Å². The van der Waals surface area contributed by atoms with Crippen molar-refractivity contribution in [2.75, 3.05) is 26.3 Å². The van der Waals surface area contributed by atoms with Crippen molar-refractivity contribution >= 4 is 0 Å². The molecule has 0 unspecified atom stereocenters. The average molecular weight is 186 g/mol. The maximum absolute atomic E-state index is 5.80. The number of hydrogen-bond donors (Lipinski definition) is 1. The molecule has 3 heteroatoms. The number of likely N-dealkylation sites (tertiary alicyclic amines) is 1. The van der Waals surface area contributed by atoms with Gasteiger partial charge in [0.1, 0.15) is 0 Å². The summed E-state index contributed by atoms with van der Waals surface area (Å²) in [7, 11) is 0. The molecule has 0 spiro atoms. The average Bonchev–Trinajstić information content (AvgIpc) is 2.09. The fourth-order valence-electron chi connectivity index (χ4n) is 1.72. The van der Waals surface area contributed by atoms with Crippen LogP contribution in [0.5, 0.6) is 0 Å². The molecule has 0 aromatic carbocycles. The number of piperidine rings is 1. The maximum Gasteiger partial charge on any atom is 0.0645 e. The van der Waals surface area contributed by atoms with Crippen LogP contribution >= 0.6 is 0 Å². The molecule has 2 rings (SSSR count). The van der Waals surface area contributed by atoms with Gasteiger partial charge in [-0.15, -0.1) is 0 Å². The zero-order valence-corrected chi connectivity index (χ0v) is 8.83. The molecule has 2 aliphatic heterocycles. The van der Waals surface area contributed by atoms with Gasteiger partial charge in [0, 0.05) is 19.1 Å². The van der Waals surface area contributed by atoms with Crippen LogP contribution in [0.4, 0.5) is 0 Å². The topological polar surface area (TPSA) is 38.5 Å².